The van der Waals surface area contributed by atoms with Gasteiger partial charge in [-0.25, -0.2) is 4.79 Å². The molecule has 1 rings (SSSR count). The maximum atomic E-state index is 11.6. The molecule has 19 heavy (non-hydrogen) atoms. The third-order valence-corrected chi connectivity index (χ3v) is 2.75. The quantitative estimate of drug-likeness (QED) is 0.653. The van der Waals surface area contributed by atoms with Crippen LogP contribution in [-0.2, 0) is 0 Å². The number of nitro groups is 1. The number of nitrogens with zero attached hydrogens (tertiary/aromatic N) is 1. The highest BCUT2D eigenvalue weighted by Gasteiger charge is 2.11. The van der Waals surface area contributed by atoms with E-state index in [-0.39, 0.29) is 16.4 Å². The van der Waals surface area contributed by atoms with E-state index in [9.17, 15) is 14.9 Å². The molecule has 0 saturated heterocycles. The number of rotatable bonds is 4. The Balaban J connectivity index is 2.79. The number of hydrogen-bond donors (Lipinski definition) is 2. The first-order chi connectivity index (χ1) is 8.93. The largest absolute Gasteiger partial charge is 0.323 e. The lowest BCUT2D eigenvalue weighted by Crippen LogP contribution is -2.24. The molecule has 0 aliphatic carbocycles. The third kappa shape index (κ3) is 4.59. The van der Waals surface area contributed by atoms with Crippen LogP contribution in [0.15, 0.2) is 30.0 Å². The highest BCUT2D eigenvalue weighted by molar-refractivity contribution is 6.33. The van der Waals surface area contributed by atoms with Crippen molar-refractivity contribution in [2.45, 2.75) is 20.3 Å². The molecule has 0 spiro atoms. The molecule has 6 nitrogen and oxygen atoms in total. The van der Waals surface area contributed by atoms with E-state index in [1.54, 1.807) is 6.20 Å². The Labute approximate surface area is 115 Å². The van der Waals surface area contributed by atoms with Gasteiger partial charge in [0.1, 0.15) is 0 Å². The molecule has 0 fully saturated rings. The van der Waals surface area contributed by atoms with Crippen molar-refractivity contribution < 1.29 is 9.72 Å². The lowest BCUT2D eigenvalue weighted by atomic mass is 10.2. The van der Waals surface area contributed by atoms with Crippen LogP contribution in [-0.4, -0.2) is 11.0 Å². The third-order valence-electron chi connectivity index (χ3n) is 2.42. The van der Waals surface area contributed by atoms with Crippen LogP contribution in [0.3, 0.4) is 0 Å². The predicted octanol–water partition coefficient (Wildman–Crippen LogP) is 3.68. The zero-order valence-corrected chi connectivity index (χ0v) is 11.3. The predicted molar refractivity (Wildman–Crippen MR) is 74.3 cm³/mol. The first kappa shape index (κ1) is 15.0. The SMILES string of the molecule is CC/C(C)=C/NC(=O)Nc1cc([N+](=O)[O-])ccc1Cl. The summed E-state index contributed by atoms with van der Waals surface area (Å²) in [5.41, 5.74) is 1.05. The van der Waals surface area contributed by atoms with E-state index in [0.29, 0.717) is 0 Å². The molecule has 1 aromatic rings. The number of carbonyl (C=O) groups excluding carboxylic acids is 1. The Bertz CT molecular complexity index is 529. The van der Waals surface area contributed by atoms with Gasteiger partial charge in [-0.1, -0.05) is 24.1 Å². The van der Waals surface area contributed by atoms with Crippen LogP contribution in [0, 0.1) is 10.1 Å². The number of halogens is 1. The topological polar surface area (TPSA) is 84.3 Å². The number of anilines is 1. The summed E-state index contributed by atoms with van der Waals surface area (Å²) in [4.78, 5) is 21.6. The standard InChI is InChI=1S/C12H14ClN3O3/c1-3-8(2)7-14-12(17)15-11-6-9(16(18)19)4-5-10(11)13/h4-7H,3H2,1-2H3,(H2,14,15,17)/b8-7+. The average molecular weight is 284 g/mol. The molecule has 0 atom stereocenters. The normalized spacial score (nSPS) is 11.0. The van der Waals surface area contributed by atoms with Gasteiger partial charge in [0.05, 0.1) is 15.6 Å². The lowest BCUT2D eigenvalue weighted by Gasteiger charge is -2.07. The maximum Gasteiger partial charge on any atom is 0.323 e. The van der Waals surface area contributed by atoms with Crippen molar-refractivity contribution in [1.82, 2.24) is 5.32 Å². The number of allylic oxidation sites excluding steroid dienone is 1. The molecular weight excluding hydrogens is 270 g/mol. The van der Waals surface area contributed by atoms with Crippen LogP contribution in [0.1, 0.15) is 20.3 Å². The average Bonchev–Trinajstić information content (AvgIpc) is 2.38. The number of carbonyl (C=O) groups is 1. The van der Waals surface area contributed by atoms with E-state index >= 15 is 0 Å². The van der Waals surface area contributed by atoms with Crippen LogP contribution < -0.4 is 10.6 Å². The number of hydrogen-bond acceptors (Lipinski definition) is 3. The van der Waals surface area contributed by atoms with Crippen molar-refractivity contribution in [3.05, 3.63) is 45.1 Å². The summed E-state index contributed by atoms with van der Waals surface area (Å²) in [6, 6.07) is 3.34. The van der Waals surface area contributed by atoms with Gasteiger partial charge < -0.3 is 10.6 Å². The molecule has 0 aliphatic heterocycles. The van der Waals surface area contributed by atoms with E-state index in [1.807, 2.05) is 13.8 Å². The second-order valence-electron chi connectivity index (χ2n) is 3.86. The molecule has 0 saturated carbocycles. The Morgan fingerprint density at radius 2 is 2.21 bits per heavy atom. The Hall–Kier alpha value is -2.08. The number of amides is 2. The van der Waals surface area contributed by atoms with Gasteiger partial charge in [0.2, 0.25) is 0 Å². The van der Waals surface area contributed by atoms with Crippen molar-refractivity contribution >= 4 is 29.0 Å². The van der Waals surface area contributed by atoms with E-state index in [1.165, 1.54) is 18.2 Å². The van der Waals surface area contributed by atoms with Crippen LogP contribution >= 0.6 is 11.6 Å². The molecule has 0 heterocycles. The number of urea groups is 1. The molecule has 0 unspecified atom stereocenters. The van der Waals surface area contributed by atoms with Gasteiger partial charge in [0.25, 0.3) is 5.69 Å². The Kier molecular flexibility index (Phi) is 5.32. The second kappa shape index (κ2) is 6.75. The molecule has 0 aliphatic rings. The van der Waals surface area contributed by atoms with Crippen LogP contribution in [0.4, 0.5) is 16.2 Å². The zero-order valence-electron chi connectivity index (χ0n) is 10.6. The molecule has 102 valence electrons. The fourth-order valence-electron chi connectivity index (χ4n) is 1.17. The van der Waals surface area contributed by atoms with E-state index in [0.717, 1.165) is 12.0 Å². The van der Waals surface area contributed by atoms with E-state index in [2.05, 4.69) is 10.6 Å². The Morgan fingerprint density at radius 1 is 1.53 bits per heavy atom. The summed E-state index contributed by atoms with van der Waals surface area (Å²) in [6.45, 7) is 3.84. The van der Waals surface area contributed by atoms with Crippen molar-refractivity contribution in [1.29, 1.82) is 0 Å². The number of nitro benzene ring substituents is 1. The minimum Gasteiger partial charge on any atom is -0.314 e. The summed E-state index contributed by atoms with van der Waals surface area (Å²) in [7, 11) is 0. The Morgan fingerprint density at radius 3 is 2.79 bits per heavy atom. The van der Waals surface area contributed by atoms with Crippen molar-refractivity contribution in [3.8, 4) is 0 Å². The van der Waals surface area contributed by atoms with Crippen molar-refractivity contribution in [2.24, 2.45) is 0 Å². The van der Waals surface area contributed by atoms with Crippen LogP contribution in [0.5, 0.6) is 0 Å². The van der Waals surface area contributed by atoms with Gasteiger partial charge in [-0.2, -0.15) is 0 Å². The molecule has 2 N–H and O–H groups in total. The first-order valence-electron chi connectivity index (χ1n) is 5.61. The van der Waals surface area contributed by atoms with Gasteiger partial charge in [-0.05, 0) is 19.4 Å². The van der Waals surface area contributed by atoms with Gasteiger partial charge in [-0.15, -0.1) is 0 Å². The second-order valence-corrected chi connectivity index (χ2v) is 4.27. The van der Waals surface area contributed by atoms with E-state index in [4.69, 9.17) is 11.6 Å². The molecule has 0 bridgehead atoms. The highest BCUT2D eigenvalue weighted by Crippen LogP contribution is 2.26. The summed E-state index contributed by atoms with van der Waals surface area (Å²) in [5, 5.41) is 15.8. The summed E-state index contributed by atoms with van der Waals surface area (Å²) >= 11 is 5.85. The molecular formula is C12H14ClN3O3. The molecule has 2 amide bonds. The van der Waals surface area contributed by atoms with Gasteiger partial charge in [-0.3, -0.25) is 10.1 Å². The number of non-ortho nitro benzene ring substituents is 1. The molecule has 0 radical (unpaired) electrons. The minimum atomic E-state index is -0.555. The summed E-state index contributed by atoms with van der Waals surface area (Å²) in [6.07, 6.45) is 2.39. The maximum absolute atomic E-state index is 11.6. The number of nitrogens with one attached hydrogen (secondary N) is 2. The molecule has 1 aromatic carbocycles. The monoisotopic (exact) mass is 283 g/mol. The van der Waals surface area contributed by atoms with Gasteiger partial charge >= 0.3 is 6.03 Å². The first-order valence-corrected chi connectivity index (χ1v) is 5.99. The fourth-order valence-corrected chi connectivity index (χ4v) is 1.34. The fraction of sp³-hybridized carbons (Fsp3) is 0.250. The van der Waals surface area contributed by atoms with Gasteiger partial charge in [0, 0.05) is 18.3 Å². The van der Waals surface area contributed by atoms with Gasteiger partial charge in [0.15, 0.2) is 0 Å². The smallest absolute Gasteiger partial charge is 0.314 e. The lowest BCUT2D eigenvalue weighted by molar-refractivity contribution is -0.384. The van der Waals surface area contributed by atoms with Crippen LogP contribution in [0.2, 0.25) is 5.02 Å². The summed E-state index contributed by atoms with van der Waals surface area (Å²) < 4.78 is 0. The highest BCUT2D eigenvalue weighted by atomic mass is 35.5. The molecule has 7 heteroatoms. The minimum absolute atomic E-state index is 0.139. The van der Waals surface area contributed by atoms with Crippen LogP contribution in [0.25, 0.3) is 0 Å². The zero-order chi connectivity index (χ0) is 14.4. The van der Waals surface area contributed by atoms with E-state index < -0.39 is 11.0 Å². The van der Waals surface area contributed by atoms with Crippen molar-refractivity contribution in [2.75, 3.05) is 5.32 Å². The molecule has 0 aromatic heterocycles. The van der Waals surface area contributed by atoms with Crippen molar-refractivity contribution in [3.63, 3.8) is 0 Å². The number of benzene rings is 1. The summed E-state index contributed by atoms with van der Waals surface area (Å²) in [5.74, 6) is 0.